The summed E-state index contributed by atoms with van der Waals surface area (Å²) >= 11 is 0. The van der Waals surface area contributed by atoms with Gasteiger partial charge in [0.25, 0.3) is 0 Å². The van der Waals surface area contributed by atoms with Gasteiger partial charge in [-0.2, -0.15) is 0 Å². The molecule has 0 saturated heterocycles. The van der Waals surface area contributed by atoms with E-state index in [1.165, 1.54) is 18.5 Å². The number of para-hydroxylation sites is 1. The van der Waals surface area contributed by atoms with E-state index < -0.39 is 0 Å². The lowest BCUT2D eigenvalue weighted by molar-refractivity contribution is -0.111. The third kappa shape index (κ3) is 8.80. The van der Waals surface area contributed by atoms with Crippen molar-refractivity contribution in [2.75, 3.05) is 61.7 Å². The first-order chi connectivity index (χ1) is 19.7. The Morgan fingerprint density at radius 3 is 2.41 bits per heavy atom. The minimum Gasteiger partial charge on any atom is -0.492 e. The van der Waals surface area contributed by atoms with Crippen LogP contribution in [0.2, 0.25) is 0 Å². The zero-order valence-electron chi connectivity index (χ0n) is 24.1. The van der Waals surface area contributed by atoms with Crippen molar-refractivity contribution in [1.82, 2.24) is 14.9 Å². The van der Waals surface area contributed by atoms with Crippen LogP contribution in [0.3, 0.4) is 0 Å². The zero-order valence-corrected chi connectivity index (χ0v) is 24.1. The van der Waals surface area contributed by atoms with E-state index >= 15 is 0 Å². The van der Waals surface area contributed by atoms with Gasteiger partial charge in [0.2, 0.25) is 5.91 Å². The van der Waals surface area contributed by atoms with Crippen LogP contribution in [0.5, 0.6) is 5.75 Å². The molecule has 1 aromatic heterocycles. The Morgan fingerprint density at radius 2 is 1.76 bits per heavy atom. The molecule has 6 N–H and O–H groups in total. The molecule has 2 aromatic carbocycles. The normalized spacial score (nSPS) is 11.1. The quantitative estimate of drug-likeness (QED) is 0.131. The van der Waals surface area contributed by atoms with Crippen LogP contribution in [0, 0.1) is 5.41 Å². The number of benzene rings is 2. The molecule has 1 heterocycles. The van der Waals surface area contributed by atoms with Crippen LogP contribution < -0.4 is 31.3 Å². The molecular weight excluding hydrogens is 518 g/mol. The van der Waals surface area contributed by atoms with Crippen molar-refractivity contribution >= 4 is 52.2 Å². The maximum absolute atomic E-state index is 12.3. The maximum Gasteiger partial charge on any atom is 0.247 e. The van der Waals surface area contributed by atoms with Gasteiger partial charge in [0.1, 0.15) is 23.7 Å². The lowest BCUT2D eigenvalue weighted by atomic mass is 10.1. The van der Waals surface area contributed by atoms with Crippen molar-refractivity contribution in [1.29, 1.82) is 5.41 Å². The van der Waals surface area contributed by atoms with Gasteiger partial charge in [0.15, 0.2) is 0 Å². The highest BCUT2D eigenvalue weighted by Gasteiger charge is 2.17. The fourth-order valence-electron chi connectivity index (χ4n) is 4.08. The van der Waals surface area contributed by atoms with Crippen LogP contribution >= 0.6 is 0 Å². The fourth-order valence-corrected chi connectivity index (χ4v) is 4.08. The van der Waals surface area contributed by atoms with Gasteiger partial charge in [0, 0.05) is 48.9 Å². The first kappa shape index (κ1) is 30.6. The first-order valence-electron chi connectivity index (χ1n) is 13.3. The Morgan fingerprint density at radius 1 is 1.05 bits per heavy atom. The molecule has 0 saturated carbocycles. The van der Waals surface area contributed by atoms with Gasteiger partial charge in [-0.15, -0.1) is 0 Å². The van der Waals surface area contributed by atoms with Gasteiger partial charge in [-0.05, 0) is 58.3 Å². The van der Waals surface area contributed by atoms with E-state index in [-0.39, 0.29) is 5.91 Å². The minimum absolute atomic E-state index is 0.313. The van der Waals surface area contributed by atoms with Crippen molar-refractivity contribution in [2.24, 2.45) is 5.73 Å². The fraction of sp³-hybridized carbons (Fsp3) is 0.267. The number of nitrogens with two attached hydrogens (primary N) is 1. The van der Waals surface area contributed by atoms with E-state index in [9.17, 15) is 4.79 Å². The number of hydrogen-bond acceptors (Lipinski definition) is 10. The zero-order chi connectivity index (χ0) is 29.8. The predicted octanol–water partition coefficient (Wildman–Crippen LogP) is 4.82. The second-order valence-corrected chi connectivity index (χ2v) is 9.44. The maximum atomic E-state index is 12.3. The molecule has 0 atom stereocenters. The van der Waals surface area contributed by atoms with Gasteiger partial charge >= 0.3 is 0 Å². The van der Waals surface area contributed by atoms with Crippen LogP contribution in [0.15, 0.2) is 67.5 Å². The van der Waals surface area contributed by atoms with Gasteiger partial charge in [-0.1, -0.05) is 24.8 Å². The summed E-state index contributed by atoms with van der Waals surface area (Å²) in [6, 6.07) is 13.0. The minimum atomic E-state index is -0.313. The van der Waals surface area contributed by atoms with Gasteiger partial charge in [-0.25, -0.2) is 9.97 Å². The van der Waals surface area contributed by atoms with Crippen molar-refractivity contribution in [2.45, 2.75) is 13.3 Å². The summed E-state index contributed by atoms with van der Waals surface area (Å²) < 4.78 is 5.99. The Labute approximate surface area is 241 Å². The molecule has 0 aliphatic rings. The second kappa shape index (κ2) is 15.0. The standard InChI is InChI=1S/C30H39N9O2/c1-6-30(40)37-24-17-25(27(41-7-2)18-26(24)39(5)16-10-15-38(3)4)36-29-19-28(33-20-34-29)35-23-12-9-8-11-21(23)22(32)13-14-31/h6,8-9,11-14,17-20,31H,1,7,10,15-16,32H2,2-5H3,(H,37,40)(H2,33,34,35,36). The molecule has 216 valence electrons. The number of aromatic nitrogens is 2. The Kier molecular flexibility index (Phi) is 11.2. The largest absolute Gasteiger partial charge is 0.492 e. The molecule has 41 heavy (non-hydrogen) atoms. The average molecular weight is 558 g/mol. The summed E-state index contributed by atoms with van der Waals surface area (Å²) in [6.07, 6.45) is 6.30. The topological polar surface area (TPSA) is 145 Å². The Hall–Kier alpha value is -4.90. The lowest BCUT2D eigenvalue weighted by Gasteiger charge is -2.25. The average Bonchev–Trinajstić information content (AvgIpc) is 2.94. The molecule has 11 heteroatoms. The highest BCUT2D eigenvalue weighted by atomic mass is 16.5. The number of hydrogen-bond donors (Lipinski definition) is 5. The molecule has 3 aromatic rings. The molecule has 3 rings (SSSR count). The number of carbonyl (C=O) groups is 1. The van der Waals surface area contributed by atoms with Gasteiger partial charge in [-0.3, -0.25) is 4.79 Å². The lowest BCUT2D eigenvalue weighted by Crippen LogP contribution is -2.24. The van der Waals surface area contributed by atoms with E-state index in [1.54, 1.807) is 6.07 Å². The monoisotopic (exact) mass is 557 g/mol. The highest BCUT2D eigenvalue weighted by Crippen LogP contribution is 2.38. The van der Waals surface area contributed by atoms with E-state index in [4.69, 9.17) is 15.9 Å². The SMILES string of the molecule is C=CC(=O)Nc1cc(Nc2cc(Nc3ccccc3C(N)=CC=N)ncn2)c(OCC)cc1N(C)CCCN(C)C. The second-order valence-electron chi connectivity index (χ2n) is 9.44. The van der Waals surface area contributed by atoms with E-state index in [1.807, 2.05) is 64.5 Å². The third-order valence-corrected chi connectivity index (χ3v) is 6.04. The Bertz CT molecular complexity index is 1390. The van der Waals surface area contributed by atoms with Crippen LogP contribution in [0.25, 0.3) is 5.70 Å². The smallest absolute Gasteiger partial charge is 0.247 e. The summed E-state index contributed by atoms with van der Waals surface area (Å²) in [4.78, 5) is 25.3. The van der Waals surface area contributed by atoms with E-state index in [0.29, 0.717) is 41.1 Å². The van der Waals surface area contributed by atoms with Crippen LogP contribution in [-0.4, -0.2) is 67.8 Å². The van der Waals surface area contributed by atoms with Gasteiger partial charge < -0.3 is 41.6 Å². The first-order valence-corrected chi connectivity index (χ1v) is 13.3. The summed E-state index contributed by atoms with van der Waals surface area (Å²) in [5.41, 5.74) is 10.1. The molecule has 0 unspecified atom stereocenters. The van der Waals surface area contributed by atoms with E-state index in [2.05, 4.69) is 42.3 Å². The molecule has 0 radical (unpaired) electrons. The molecule has 1 amide bonds. The van der Waals surface area contributed by atoms with E-state index in [0.717, 1.165) is 42.7 Å². The number of allylic oxidation sites excluding steroid dienone is 1. The molecule has 0 spiro atoms. The Balaban J connectivity index is 1.94. The predicted molar refractivity (Wildman–Crippen MR) is 169 cm³/mol. The van der Waals surface area contributed by atoms with Crippen molar-refractivity contribution in [3.63, 3.8) is 0 Å². The van der Waals surface area contributed by atoms with Crippen molar-refractivity contribution < 1.29 is 9.53 Å². The van der Waals surface area contributed by atoms with Crippen LogP contribution in [0.4, 0.5) is 34.4 Å². The summed E-state index contributed by atoms with van der Waals surface area (Å²) in [5.74, 6) is 1.35. The summed E-state index contributed by atoms with van der Waals surface area (Å²) in [6.45, 7) is 7.69. The van der Waals surface area contributed by atoms with Crippen molar-refractivity contribution in [3.8, 4) is 5.75 Å². The molecular formula is C30H39N9O2. The number of ether oxygens (including phenoxy) is 1. The molecule has 11 nitrogen and oxygen atoms in total. The van der Waals surface area contributed by atoms with Gasteiger partial charge in [0.05, 0.1) is 23.7 Å². The highest BCUT2D eigenvalue weighted by molar-refractivity contribution is 6.02. The third-order valence-electron chi connectivity index (χ3n) is 6.04. The number of carbonyl (C=O) groups excluding carboxylic acids is 1. The summed E-state index contributed by atoms with van der Waals surface area (Å²) in [7, 11) is 6.07. The van der Waals surface area contributed by atoms with Crippen molar-refractivity contribution in [3.05, 3.63) is 73.1 Å². The molecule has 0 fully saturated rings. The van der Waals surface area contributed by atoms with Crippen LogP contribution in [0.1, 0.15) is 18.9 Å². The molecule has 0 aliphatic carbocycles. The number of nitrogens with one attached hydrogen (secondary N) is 4. The molecule has 0 aliphatic heterocycles. The number of anilines is 6. The molecule has 0 bridgehead atoms. The number of rotatable bonds is 15. The number of nitrogens with zero attached hydrogens (tertiary/aromatic N) is 4. The van der Waals surface area contributed by atoms with Crippen LogP contribution in [-0.2, 0) is 4.79 Å². The summed E-state index contributed by atoms with van der Waals surface area (Å²) in [5, 5.41) is 16.8. The number of amides is 1.